The second-order valence-electron chi connectivity index (χ2n) is 10.4. The Morgan fingerprint density at radius 3 is 1.63 bits per heavy atom. The molecule has 0 spiro atoms. The fourth-order valence-electron chi connectivity index (χ4n) is 6.08. The Balaban J connectivity index is 0.000000255. The van der Waals surface area contributed by atoms with E-state index in [1.54, 1.807) is 0 Å². The number of hydrogen-bond donors (Lipinski definition) is 0. The van der Waals surface area contributed by atoms with E-state index in [0.29, 0.717) is 0 Å². The maximum absolute atomic E-state index is 12.0. The van der Waals surface area contributed by atoms with Gasteiger partial charge in [-0.1, -0.05) is 105 Å². The van der Waals surface area contributed by atoms with E-state index in [0.717, 1.165) is 19.0 Å². The number of benzene rings is 3. The van der Waals surface area contributed by atoms with Crippen molar-refractivity contribution in [1.82, 2.24) is 14.9 Å². The van der Waals surface area contributed by atoms with Crippen LogP contribution in [0.5, 0.6) is 5.88 Å². The Kier molecular flexibility index (Phi) is 10.9. The van der Waals surface area contributed by atoms with Gasteiger partial charge in [-0.15, -0.1) is 0 Å². The van der Waals surface area contributed by atoms with Crippen molar-refractivity contribution >= 4 is 0 Å². The Morgan fingerprint density at radius 2 is 1.21 bits per heavy atom. The van der Waals surface area contributed by atoms with Crippen molar-refractivity contribution < 1.29 is 22.6 Å². The van der Waals surface area contributed by atoms with Gasteiger partial charge in [0.1, 0.15) is 11.9 Å². The molecule has 3 heterocycles. The zero-order chi connectivity index (χ0) is 30.8. The van der Waals surface area contributed by atoms with Crippen molar-refractivity contribution in [1.29, 1.82) is 0 Å². The fraction of sp³-hybridized carbons (Fsp3) is 0.371. The number of ether oxygens (including phenoxy) is 2. The van der Waals surface area contributed by atoms with Crippen molar-refractivity contribution in [3.05, 3.63) is 126 Å². The molecule has 6 rings (SSSR count). The van der Waals surface area contributed by atoms with Gasteiger partial charge in [0.15, 0.2) is 5.69 Å². The Morgan fingerprint density at radius 1 is 0.744 bits per heavy atom. The largest absolute Gasteiger partial charge is 0.481 e. The molecule has 43 heavy (non-hydrogen) atoms. The summed E-state index contributed by atoms with van der Waals surface area (Å²) in [6.45, 7) is 7.21. The van der Waals surface area contributed by atoms with Crippen LogP contribution in [0.2, 0.25) is 0 Å². The normalized spacial score (nSPS) is 15.9. The van der Waals surface area contributed by atoms with Crippen molar-refractivity contribution in [3.63, 3.8) is 0 Å². The van der Waals surface area contributed by atoms with Crippen LogP contribution in [0.1, 0.15) is 61.9 Å². The number of aromatic nitrogens is 2. The smallest absolute Gasteiger partial charge is 0.433 e. The first-order valence-corrected chi connectivity index (χ1v) is 14.9. The summed E-state index contributed by atoms with van der Waals surface area (Å²) < 4.78 is 47.5. The summed E-state index contributed by atoms with van der Waals surface area (Å²) in [5.41, 5.74) is 2.18. The summed E-state index contributed by atoms with van der Waals surface area (Å²) in [5, 5.41) is 0. The number of hydrogen-bond acceptors (Lipinski definition) is 5. The second kappa shape index (κ2) is 14.6. The standard InChI is InChI=1S/C27H29NO.C6H5F3N2O.C2H6/c1-4-12-23(13-5-1)27(24-14-6-2-7-15-24,25-16-8-3-9-17-25)29-22-26-18-10-20-28(26)21-11-19-26;1-12-5-2-4(6(7,8)9)10-3-11-5;1-2/h1-9,12-17H,10-11,18-22H2;2-3H,1H3;1-2H3. The van der Waals surface area contributed by atoms with Crippen LogP contribution in [0, 0.1) is 0 Å². The zero-order valence-corrected chi connectivity index (χ0v) is 25.1. The van der Waals surface area contributed by atoms with Crippen LogP contribution in [-0.2, 0) is 16.5 Å². The Bertz CT molecular complexity index is 1280. The maximum atomic E-state index is 12.0. The third-order valence-electron chi connectivity index (χ3n) is 8.05. The van der Waals surface area contributed by atoms with E-state index in [-0.39, 0.29) is 11.4 Å². The molecule has 0 saturated carbocycles. The van der Waals surface area contributed by atoms with E-state index >= 15 is 0 Å². The molecule has 2 aliphatic heterocycles. The monoisotopic (exact) mass is 591 g/mol. The molecule has 0 radical (unpaired) electrons. The van der Waals surface area contributed by atoms with Gasteiger partial charge in [-0.25, -0.2) is 9.97 Å². The topological polar surface area (TPSA) is 47.5 Å². The molecule has 0 bridgehead atoms. The van der Waals surface area contributed by atoms with Gasteiger partial charge in [-0.05, 0) is 55.5 Å². The quantitative estimate of drug-likeness (QED) is 0.203. The average Bonchev–Trinajstić information content (AvgIpc) is 3.65. The van der Waals surface area contributed by atoms with E-state index in [1.807, 2.05) is 13.8 Å². The minimum Gasteiger partial charge on any atom is -0.481 e. The van der Waals surface area contributed by atoms with Gasteiger partial charge in [-0.3, -0.25) is 4.90 Å². The molecule has 4 aromatic rings. The summed E-state index contributed by atoms with van der Waals surface area (Å²) in [6, 6.07) is 32.9. The molecule has 0 aliphatic carbocycles. The molecular weight excluding hydrogens is 551 g/mol. The van der Waals surface area contributed by atoms with Crippen LogP contribution in [0.3, 0.4) is 0 Å². The predicted octanol–water partition coefficient (Wildman–Crippen LogP) is 8.15. The molecule has 0 amide bonds. The molecule has 0 unspecified atom stereocenters. The Hall–Kier alpha value is -3.75. The molecule has 0 atom stereocenters. The van der Waals surface area contributed by atoms with Crippen molar-refractivity contribution in [2.75, 3.05) is 26.8 Å². The lowest BCUT2D eigenvalue weighted by atomic mass is 9.79. The average molecular weight is 592 g/mol. The first kappa shape index (κ1) is 32.2. The first-order valence-electron chi connectivity index (χ1n) is 14.9. The lowest BCUT2D eigenvalue weighted by Gasteiger charge is -2.40. The zero-order valence-electron chi connectivity index (χ0n) is 25.1. The number of alkyl halides is 3. The lowest BCUT2D eigenvalue weighted by molar-refractivity contribution is -0.141. The minimum absolute atomic E-state index is 0.0997. The van der Waals surface area contributed by atoms with Gasteiger partial charge in [0.05, 0.1) is 13.7 Å². The number of methoxy groups -OCH3 is 1. The molecule has 5 nitrogen and oxygen atoms in total. The predicted molar refractivity (Wildman–Crippen MR) is 163 cm³/mol. The SMILES string of the molecule is CC.COc1cc(C(F)(F)F)ncn1.c1ccc(C(OCC23CCCN2CCC3)(c2ccccc2)c2ccccc2)cc1. The highest BCUT2D eigenvalue weighted by atomic mass is 19.4. The second-order valence-corrected chi connectivity index (χ2v) is 10.4. The summed E-state index contributed by atoms with van der Waals surface area (Å²) >= 11 is 0. The van der Waals surface area contributed by atoms with Crippen molar-refractivity contribution in [3.8, 4) is 5.88 Å². The highest BCUT2D eigenvalue weighted by Gasteiger charge is 2.47. The highest BCUT2D eigenvalue weighted by Crippen LogP contribution is 2.45. The Labute approximate surface area is 252 Å². The van der Waals surface area contributed by atoms with Gasteiger partial charge >= 0.3 is 6.18 Å². The number of fused-ring (bicyclic) bond motifs is 1. The molecular formula is C35H40F3N3O2. The fourth-order valence-corrected chi connectivity index (χ4v) is 6.08. The maximum Gasteiger partial charge on any atom is 0.433 e. The third kappa shape index (κ3) is 7.25. The lowest BCUT2D eigenvalue weighted by Crippen LogP contribution is -2.46. The molecule has 0 N–H and O–H groups in total. The highest BCUT2D eigenvalue weighted by molar-refractivity contribution is 5.47. The summed E-state index contributed by atoms with van der Waals surface area (Å²) in [5.74, 6) is -0.0997. The molecule has 2 aliphatic rings. The molecule has 2 saturated heterocycles. The first-order chi connectivity index (χ1) is 20.9. The van der Waals surface area contributed by atoms with Gasteiger partial charge in [0.2, 0.25) is 5.88 Å². The van der Waals surface area contributed by atoms with Gasteiger partial charge < -0.3 is 9.47 Å². The van der Waals surface area contributed by atoms with Gasteiger partial charge in [0, 0.05) is 11.6 Å². The molecule has 1 aromatic heterocycles. The molecule has 228 valence electrons. The van der Waals surface area contributed by atoms with Crippen LogP contribution in [0.15, 0.2) is 103 Å². The van der Waals surface area contributed by atoms with E-state index < -0.39 is 17.5 Å². The van der Waals surface area contributed by atoms with Gasteiger partial charge in [-0.2, -0.15) is 13.2 Å². The summed E-state index contributed by atoms with van der Waals surface area (Å²) in [7, 11) is 1.24. The number of rotatable bonds is 7. The van der Waals surface area contributed by atoms with E-state index in [2.05, 4.69) is 111 Å². The van der Waals surface area contributed by atoms with Gasteiger partial charge in [0.25, 0.3) is 0 Å². The van der Waals surface area contributed by atoms with Crippen LogP contribution < -0.4 is 4.74 Å². The van der Waals surface area contributed by atoms with Crippen molar-refractivity contribution in [2.45, 2.75) is 56.8 Å². The molecule has 2 fully saturated rings. The van der Waals surface area contributed by atoms with E-state index in [4.69, 9.17) is 4.74 Å². The molecule has 3 aromatic carbocycles. The summed E-state index contributed by atoms with van der Waals surface area (Å²) in [6.07, 6.45) is 1.44. The van der Waals surface area contributed by atoms with E-state index in [9.17, 15) is 13.2 Å². The number of nitrogens with zero attached hydrogens (tertiary/aromatic N) is 3. The van der Waals surface area contributed by atoms with Crippen LogP contribution in [0.25, 0.3) is 0 Å². The van der Waals surface area contributed by atoms with Crippen LogP contribution in [0.4, 0.5) is 13.2 Å². The minimum atomic E-state index is -4.45. The van der Waals surface area contributed by atoms with Crippen LogP contribution in [-0.4, -0.2) is 47.2 Å². The number of halogens is 3. The third-order valence-corrected chi connectivity index (χ3v) is 8.05. The summed E-state index contributed by atoms with van der Waals surface area (Å²) in [4.78, 5) is 9.16. The van der Waals surface area contributed by atoms with Crippen LogP contribution >= 0.6 is 0 Å². The van der Waals surface area contributed by atoms with E-state index in [1.165, 1.54) is 62.6 Å². The molecule has 8 heteroatoms. The van der Waals surface area contributed by atoms with Crippen molar-refractivity contribution in [2.24, 2.45) is 0 Å².